The molecule has 6 rings (SSSR count). The summed E-state index contributed by atoms with van der Waals surface area (Å²) in [4.78, 5) is 14.4. The largest absolute Gasteiger partial charge is 0.335 e. The van der Waals surface area contributed by atoms with E-state index in [2.05, 4.69) is 41.0 Å². The molecule has 4 saturated carbocycles. The van der Waals surface area contributed by atoms with Crippen molar-refractivity contribution in [2.24, 2.45) is 17.8 Å². The molecule has 27 heavy (non-hydrogen) atoms. The van der Waals surface area contributed by atoms with E-state index in [1.54, 1.807) is 4.90 Å². The van der Waals surface area contributed by atoms with Gasteiger partial charge in [-0.05, 0) is 56.3 Å². The van der Waals surface area contributed by atoms with Gasteiger partial charge in [0.2, 0.25) is 0 Å². The van der Waals surface area contributed by atoms with Gasteiger partial charge in [0.05, 0.1) is 13.1 Å². The number of nitrogens with one attached hydrogen (secondary N) is 3. The van der Waals surface area contributed by atoms with Crippen LogP contribution in [-0.4, -0.2) is 30.7 Å². The highest BCUT2D eigenvalue weighted by Gasteiger charge is 2.51. The lowest BCUT2D eigenvalue weighted by Gasteiger charge is -2.56. The topological polar surface area (TPSA) is 45.6 Å². The van der Waals surface area contributed by atoms with E-state index in [1.165, 1.54) is 44.1 Å². The minimum Gasteiger partial charge on any atom is -0.335 e. The minimum atomic E-state index is 0.105. The summed E-state index contributed by atoms with van der Waals surface area (Å²) in [6, 6.07) is 11.2. The second-order valence-corrected chi connectivity index (χ2v) is 9.98. The van der Waals surface area contributed by atoms with Crippen molar-refractivity contribution in [1.82, 2.24) is 10.6 Å². The van der Waals surface area contributed by atoms with Gasteiger partial charge in [-0.1, -0.05) is 30.3 Å². The molecule has 4 nitrogen and oxygen atoms in total. The highest BCUT2D eigenvalue weighted by Crippen LogP contribution is 2.55. The third-order valence-electron chi connectivity index (χ3n) is 7.74. The van der Waals surface area contributed by atoms with Crippen LogP contribution in [0.5, 0.6) is 0 Å². The van der Waals surface area contributed by atoms with Gasteiger partial charge in [-0.15, -0.1) is 0 Å². The van der Waals surface area contributed by atoms with Crippen molar-refractivity contribution in [3.8, 4) is 0 Å². The number of urea groups is 1. The van der Waals surface area contributed by atoms with Gasteiger partial charge < -0.3 is 15.5 Å². The first kappa shape index (κ1) is 17.5. The number of amides is 2. The standard InChI is InChI=1S/C23H33N3O/c27-22(25-23-13-18-10-19(14-23)12-20(11-18)15-23)24-21-6-8-26(9-7-21)16-17-4-2-1-3-5-17/h1-5,18-21H,6-16H2,(H2,24,25,27)/p+1. The van der Waals surface area contributed by atoms with Crippen LogP contribution in [0, 0.1) is 17.8 Å². The predicted molar refractivity (Wildman–Crippen MR) is 106 cm³/mol. The minimum absolute atomic E-state index is 0.105. The first-order chi connectivity index (χ1) is 13.2. The second kappa shape index (κ2) is 7.12. The average molecular weight is 369 g/mol. The molecule has 1 aliphatic heterocycles. The number of quaternary nitrogens is 1. The lowest BCUT2D eigenvalue weighted by atomic mass is 9.53. The summed E-state index contributed by atoms with van der Waals surface area (Å²) < 4.78 is 0. The first-order valence-corrected chi connectivity index (χ1v) is 11.1. The van der Waals surface area contributed by atoms with Crippen LogP contribution in [0.25, 0.3) is 0 Å². The molecule has 0 atom stereocenters. The van der Waals surface area contributed by atoms with Crippen molar-refractivity contribution in [2.45, 2.75) is 69.5 Å². The molecule has 2 amide bonds. The highest BCUT2D eigenvalue weighted by atomic mass is 16.2. The molecule has 1 saturated heterocycles. The summed E-state index contributed by atoms with van der Waals surface area (Å²) in [7, 11) is 0. The lowest BCUT2D eigenvalue weighted by Crippen LogP contribution is -3.12. The van der Waals surface area contributed by atoms with E-state index in [-0.39, 0.29) is 11.6 Å². The molecule has 0 radical (unpaired) electrons. The molecule has 0 unspecified atom stereocenters. The Bertz CT molecular complexity index is 630. The molecule has 5 fully saturated rings. The van der Waals surface area contributed by atoms with Gasteiger partial charge in [-0.3, -0.25) is 0 Å². The van der Waals surface area contributed by atoms with E-state index < -0.39 is 0 Å². The number of rotatable bonds is 4. The number of hydrogen-bond acceptors (Lipinski definition) is 1. The summed E-state index contributed by atoms with van der Waals surface area (Å²) in [6.45, 7) is 3.40. The molecule has 0 aromatic heterocycles. The number of carbonyl (C=O) groups excluding carboxylic acids is 1. The van der Waals surface area contributed by atoms with Gasteiger partial charge in [-0.25, -0.2) is 4.79 Å². The maximum Gasteiger partial charge on any atom is 0.315 e. The van der Waals surface area contributed by atoms with Crippen LogP contribution in [0.3, 0.4) is 0 Å². The Hall–Kier alpha value is -1.55. The maximum atomic E-state index is 12.7. The van der Waals surface area contributed by atoms with Crippen LogP contribution in [0.15, 0.2) is 30.3 Å². The third-order valence-corrected chi connectivity index (χ3v) is 7.74. The molecule has 4 aliphatic carbocycles. The molecule has 4 heteroatoms. The third kappa shape index (κ3) is 3.87. The fourth-order valence-electron chi connectivity index (χ4n) is 6.96. The van der Waals surface area contributed by atoms with Crippen LogP contribution in [0.1, 0.15) is 56.9 Å². The van der Waals surface area contributed by atoms with E-state index in [4.69, 9.17) is 0 Å². The molecule has 4 bridgehead atoms. The number of piperidine rings is 1. The molecule has 1 aromatic rings. The zero-order valence-electron chi connectivity index (χ0n) is 16.4. The molecular formula is C23H34N3O+. The summed E-state index contributed by atoms with van der Waals surface area (Å²) in [5.41, 5.74) is 1.54. The lowest BCUT2D eigenvalue weighted by molar-refractivity contribution is -0.918. The number of benzene rings is 1. The molecular weight excluding hydrogens is 334 g/mol. The van der Waals surface area contributed by atoms with Crippen molar-refractivity contribution in [3.63, 3.8) is 0 Å². The van der Waals surface area contributed by atoms with Gasteiger partial charge in [0.25, 0.3) is 0 Å². The number of likely N-dealkylation sites (tertiary alicyclic amines) is 1. The van der Waals surface area contributed by atoms with Crippen molar-refractivity contribution in [3.05, 3.63) is 35.9 Å². The zero-order chi connectivity index (χ0) is 18.3. The Labute approximate surface area is 163 Å². The van der Waals surface area contributed by atoms with E-state index >= 15 is 0 Å². The molecule has 1 aromatic carbocycles. The number of carbonyl (C=O) groups is 1. The van der Waals surface area contributed by atoms with Gasteiger partial charge >= 0.3 is 6.03 Å². The van der Waals surface area contributed by atoms with Crippen molar-refractivity contribution < 1.29 is 9.69 Å². The normalized spacial score (nSPS) is 39.9. The maximum absolute atomic E-state index is 12.7. The Kier molecular flexibility index (Phi) is 4.63. The summed E-state index contributed by atoms with van der Waals surface area (Å²) >= 11 is 0. The average Bonchev–Trinajstić information content (AvgIpc) is 2.62. The van der Waals surface area contributed by atoms with E-state index in [0.29, 0.717) is 6.04 Å². The van der Waals surface area contributed by atoms with Crippen molar-refractivity contribution in [2.75, 3.05) is 13.1 Å². The fourth-order valence-corrected chi connectivity index (χ4v) is 6.96. The quantitative estimate of drug-likeness (QED) is 0.751. The van der Waals surface area contributed by atoms with Gasteiger partial charge in [0.1, 0.15) is 6.54 Å². The van der Waals surface area contributed by atoms with E-state index in [0.717, 1.165) is 50.2 Å². The highest BCUT2D eigenvalue weighted by molar-refractivity contribution is 5.75. The molecule has 1 heterocycles. The van der Waals surface area contributed by atoms with Crippen molar-refractivity contribution in [1.29, 1.82) is 0 Å². The van der Waals surface area contributed by atoms with Crippen LogP contribution in [0.4, 0.5) is 4.79 Å². The Morgan fingerprint density at radius 2 is 1.56 bits per heavy atom. The summed E-state index contributed by atoms with van der Waals surface area (Å²) in [5.74, 6) is 2.63. The van der Waals surface area contributed by atoms with E-state index in [9.17, 15) is 4.79 Å². The predicted octanol–water partition coefficient (Wildman–Crippen LogP) is 2.50. The van der Waals surface area contributed by atoms with Gasteiger partial charge in [0.15, 0.2) is 0 Å². The number of hydrogen-bond donors (Lipinski definition) is 3. The summed E-state index contributed by atoms with van der Waals surface area (Å²) in [5, 5.41) is 6.78. The Morgan fingerprint density at radius 1 is 0.963 bits per heavy atom. The van der Waals surface area contributed by atoms with Crippen molar-refractivity contribution >= 4 is 6.03 Å². The molecule has 0 spiro atoms. The SMILES string of the molecule is O=C(NC1CC[NH+](Cc2ccccc2)CC1)NC12CC3CC(CC(C3)C1)C2. The smallest absolute Gasteiger partial charge is 0.315 e. The fraction of sp³-hybridized carbons (Fsp3) is 0.696. The first-order valence-electron chi connectivity index (χ1n) is 11.1. The molecule has 5 aliphatic rings. The second-order valence-electron chi connectivity index (χ2n) is 9.98. The molecule has 3 N–H and O–H groups in total. The van der Waals surface area contributed by atoms with Crippen LogP contribution < -0.4 is 15.5 Å². The zero-order valence-corrected chi connectivity index (χ0v) is 16.4. The Morgan fingerprint density at radius 3 is 2.15 bits per heavy atom. The van der Waals surface area contributed by atoms with Crippen LogP contribution in [0.2, 0.25) is 0 Å². The van der Waals surface area contributed by atoms with Gasteiger partial charge in [-0.2, -0.15) is 0 Å². The van der Waals surface area contributed by atoms with E-state index in [1.807, 2.05) is 0 Å². The Balaban J connectivity index is 1.10. The van der Waals surface area contributed by atoms with Gasteiger partial charge in [0, 0.05) is 30.0 Å². The monoisotopic (exact) mass is 368 g/mol. The van der Waals surface area contributed by atoms with Crippen LogP contribution >= 0.6 is 0 Å². The van der Waals surface area contributed by atoms with Crippen LogP contribution in [-0.2, 0) is 6.54 Å². The molecule has 146 valence electrons. The summed E-state index contributed by atoms with van der Waals surface area (Å²) in [6.07, 6.45) is 10.1.